The molecule has 0 aromatic carbocycles. The van der Waals surface area contributed by atoms with Gasteiger partial charge in [0.25, 0.3) is 0 Å². The van der Waals surface area contributed by atoms with Crippen molar-refractivity contribution in [2.45, 2.75) is 45.7 Å². The van der Waals surface area contributed by atoms with E-state index in [0.717, 1.165) is 31.9 Å². The van der Waals surface area contributed by atoms with Crippen LogP contribution in [0, 0.1) is 6.92 Å². The van der Waals surface area contributed by atoms with Crippen molar-refractivity contribution in [3.8, 4) is 0 Å². The lowest BCUT2D eigenvalue weighted by Gasteiger charge is -2.43. The average molecular weight is 247 g/mol. The van der Waals surface area contributed by atoms with Crippen LogP contribution < -0.4 is 5.32 Å². The van der Waals surface area contributed by atoms with Crippen molar-refractivity contribution < 1.29 is 0 Å². The molecule has 3 heteroatoms. The van der Waals surface area contributed by atoms with Crippen molar-refractivity contribution >= 4 is 0 Å². The summed E-state index contributed by atoms with van der Waals surface area (Å²) in [5.74, 6) is 0. The zero-order valence-electron chi connectivity index (χ0n) is 11.9. The van der Waals surface area contributed by atoms with Gasteiger partial charge in [0.1, 0.15) is 0 Å². The van der Waals surface area contributed by atoms with Gasteiger partial charge >= 0.3 is 0 Å². The van der Waals surface area contributed by atoms with Gasteiger partial charge < -0.3 is 5.32 Å². The molecule has 1 fully saturated rings. The Labute approximate surface area is 111 Å². The molecule has 2 heterocycles. The first-order chi connectivity index (χ1) is 8.67. The Balaban J connectivity index is 2.01. The van der Waals surface area contributed by atoms with Gasteiger partial charge in [-0.1, -0.05) is 19.9 Å². The van der Waals surface area contributed by atoms with Crippen LogP contribution in [0.25, 0.3) is 0 Å². The molecule has 0 saturated carbocycles. The highest BCUT2D eigenvalue weighted by atomic mass is 15.2. The second kappa shape index (κ2) is 5.81. The number of nitrogens with one attached hydrogen (secondary N) is 1. The summed E-state index contributed by atoms with van der Waals surface area (Å²) in [5.41, 5.74) is 2.61. The Morgan fingerprint density at radius 1 is 1.33 bits per heavy atom. The Morgan fingerprint density at radius 2 is 2.11 bits per heavy atom. The molecule has 1 aliphatic heterocycles. The van der Waals surface area contributed by atoms with Gasteiger partial charge in [0.2, 0.25) is 0 Å². The number of aryl methyl sites for hydroxylation is 1. The molecule has 0 atom stereocenters. The Hall–Kier alpha value is -0.930. The van der Waals surface area contributed by atoms with Crippen LogP contribution in [-0.2, 0) is 6.54 Å². The molecule has 0 amide bonds. The van der Waals surface area contributed by atoms with E-state index >= 15 is 0 Å². The zero-order chi connectivity index (χ0) is 13.0. The summed E-state index contributed by atoms with van der Waals surface area (Å²) in [6.07, 6.45) is 2.39. The highest BCUT2D eigenvalue weighted by molar-refractivity contribution is 5.10. The molecule has 3 nitrogen and oxygen atoms in total. The second-order valence-corrected chi connectivity index (χ2v) is 5.40. The van der Waals surface area contributed by atoms with Crippen LogP contribution in [0.4, 0.5) is 0 Å². The minimum atomic E-state index is 0.308. The molecule has 1 aromatic heterocycles. The lowest BCUT2D eigenvalue weighted by molar-refractivity contribution is 0.117. The lowest BCUT2D eigenvalue weighted by Crippen LogP contribution is -2.59. The van der Waals surface area contributed by atoms with Gasteiger partial charge in [0.15, 0.2) is 0 Å². The zero-order valence-corrected chi connectivity index (χ0v) is 11.9. The van der Waals surface area contributed by atoms with Crippen molar-refractivity contribution in [1.82, 2.24) is 15.2 Å². The summed E-state index contributed by atoms with van der Waals surface area (Å²) in [7, 11) is 0. The maximum Gasteiger partial charge on any atom is 0.0547 e. The maximum absolute atomic E-state index is 4.60. The predicted octanol–water partition coefficient (Wildman–Crippen LogP) is 2.35. The fraction of sp³-hybridized carbons (Fsp3) is 0.667. The fourth-order valence-corrected chi connectivity index (χ4v) is 2.82. The van der Waals surface area contributed by atoms with Crippen molar-refractivity contribution in [2.75, 3.05) is 19.6 Å². The third kappa shape index (κ3) is 3.09. The van der Waals surface area contributed by atoms with Gasteiger partial charge in [-0.05, 0) is 31.9 Å². The normalized spacial score (nSPS) is 19.9. The molecule has 0 bridgehead atoms. The molecule has 1 aliphatic rings. The van der Waals surface area contributed by atoms with Crippen molar-refractivity contribution in [3.63, 3.8) is 0 Å². The summed E-state index contributed by atoms with van der Waals surface area (Å²) < 4.78 is 0. The van der Waals surface area contributed by atoms with E-state index in [9.17, 15) is 0 Å². The standard InChI is InChI=1S/C15H25N3/c1-4-15(5-2)12-18(10-9-16-15)11-14-8-6-7-13(3)17-14/h6-8,16H,4-5,9-12H2,1-3H3. The van der Waals surface area contributed by atoms with Crippen molar-refractivity contribution in [2.24, 2.45) is 0 Å². The van der Waals surface area contributed by atoms with Crippen LogP contribution in [0.5, 0.6) is 0 Å². The lowest BCUT2D eigenvalue weighted by atomic mass is 9.90. The largest absolute Gasteiger partial charge is 0.309 e. The van der Waals surface area contributed by atoms with Gasteiger partial charge in [0, 0.05) is 37.4 Å². The predicted molar refractivity (Wildman–Crippen MR) is 75.6 cm³/mol. The van der Waals surface area contributed by atoms with Gasteiger partial charge in [-0.2, -0.15) is 0 Å². The Kier molecular flexibility index (Phi) is 4.36. The van der Waals surface area contributed by atoms with Gasteiger partial charge in [-0.15, -0.1) is 0 Å². The van der Waals surface area contributed by atoms with Crippen LogP contribution in [0.2, 0.25) is 0 Å². The van der Waals surface area contributed by atoms with E-state index in [0.29, 0.717) is 5.54 Å². The molecular formula is C15H25N3. The topological polar surface area (TPSA) is 28.2 Å². The van der Waals surface area contributed by atoms with Gasteiger partial charge in [-0.3, -0.25) is 9.88 Å². The highest BCUT2D eigenvalue weighted by Gasteiger charge is 2.31. The molecule has 18 heavy (non-hydrogen) atoms. The van der Waals surface area contributed by atoms with Gasteiger partial charge in [-0.25, -0.2) is 0 Å². The summed E-state index contributed by atoms with van der Waals surface area (Å²) in [5, 5.41) is 3.70. The first-order valence-electron chi connectivity index (χ1n) is 7.07. The van der Waals surface area contributed by atoms with E-state index in [1.807, 2.05) is 0 Å². The number of hydrogen-bond donors (Lipinski definition) is 1. The third-order valence-electron chi connectivity index (χ3n) is 4.14. The first kappa shape index (κ1) is 13.5. The third-order valence-corrected chi connectivity index (χ3v) is 4.14. The number of aromatic nitrogens is 1. The summed E-state index contributed by atoms with van der Waals surface area (Å²) in [6, 6.07) is 6.30. The van der Waals surface area contributed by atoms with E-state index in [2.05, 4.69) is 54.2 Å². The molecule has 0 spiro atoms. The van der Waals surface area contributed by atoms with Crippen LogP contribution >= 0.6 is 0 Å². The number of nitrogens with zero attached hydrogens (tertiary/aromatic N) is 2. The van der Waals surface area contributed by atoms with E-state index in [4.69, 9.17) is 0 Å². The monoisotopic (exact) mass is 247 g/mol. The molecule has 0 unspecified atom stereocenters. The number of piperazine rings is 1. The first-order valence-corrected chi connectivity index (χ1v) is 7.07. The summed E-state index contributed by atoms with van der Waals surface area (Å²) >= 11 is 0. The van der Waals surface area contributed by atoms with Crippen LogP contribution in [0.1, 0.15) is 38.1 Å². The van der Waals surface area contributed by atoms with Crippen LogP contribution in [-0.4, -0.2) is 35.1 Å². The maximum atomic E-state index is 4.60. The number of pyridine rings is 1. The average Bonchev–Trinajstić information content (AvgIpc) is 2.39. The smallest absolute Gasteiger partial charge is 0.0547 e. The van der Waals surface area contributed by atoms with Crippen molar-refractivity contribution in [3.05, 3.63) is 29.6 Å². The van der Waals surface area contributed by atoms with E-state index in [1.165, 1.54) is 18.5 Å². The number of hydrogen-bond acceptors (Lipinski definition) is 3. The Bertz CT molecular complexity index is 385. The SMILES string of the molecule is CCC1(CC)CN(Cc2cccc(C)n2)CCN1. The molecule has 2 rings (SSSR count). The highest BCUT2D eigenvalue weighted by Crippen LogP contribution is 2.20. The molecule has 100 valence electrons. The van der Waals surface area contributed by atoms with E-state index in [-0.39, 0.29) is 0 Å². The quantitative estimate of drug-likeness (QED) is 0.885. The molecular weight excluding hydrogens is 222 g/mol. The van der Waals surface area contributed by atoms with Crippen LogP contribution in [0.3, 0.4) is 0 Å². The van der Waals surface area contributed by atoms with Crippen LogP contribution in [0.15, 0.2) is 18.2 Å². The van der Waals surface area contributed by atoms with E-state index < -0.39 is 0 Å². The minimum Gasteiger partial charge on any atom is -0.309 e. The van der Waals surface area contributed by atoms with E-state index in [1.54, 1.807) is 0 Å². The molecule has 1 saturated heterocycles. The molecule has 0 aliphatic carbocycles. The fourth-order valence-electron chi connectivity index (χ4n) is 2.82. The molecule has 0 radical (unpaired) electrons. The number of rotatable bonds is 4. The second-order valence-electron chi connectivity index (χ2n) is 5.40. The van der Waals surface area contributed by atoms with Crippen molar-refractivity contribution in [1.29, 1.82) is 0 Å². The van der Waals surface area contributed by atoms with Gasteiger partial charge in [0.05, 0.1) is 5.69 Å². The Morgan fingerprint density at radius 3 is 2.78 bits per heavy atom. The summed E-state index contributed by atoms with van der Waals surface area (Å²) in [4.78, 5) is 7.14. The summed E-state index contributed by atoms with van der Waals surface area (Å²) in [6.45, 7) is 10.9. The molecule has 1 N–H and O–H groups in total. The molecule has 1 aromatic rings. The minimum absolute atomic E-state index is 0.308.